The fourth-order valence-electron chi connectivity index (χ4n) is 3.01. The molecule has 1 aromatic carbocycles. The predicted molar refractivity (Wildman–Crippen MR) is 80.6 cm³/mol. The molecule has 1 aliphatic rings. The summed E-state index contributed by atoms with van der Waals surface area (Å²) >= 11 is 0. The Labute approximate surface area is 116 Å². The fourth-order valence-corrected chi connectivity index (χ4v) is 3.01. The van der Waals surface area contributed by atoms with Crippen molar-refractivity contribution < 1.29 is 5.11 Å². The van der Waals surface area contributed by atoms with E-state index < -0.39 is 6.10 Å². The second-order valence-electron chi connectivity index (χ2n) is 5.61. The molecular weight excluding hydrogens is 236 g/mol. The van der Waals surface area contributed by atoms with Crippen LogP contribution in [0.4, 0.5) is 5.69 Å². The summed E-state index contributed by atoms with van der Waals surface area (Å²) in [6, 6.07) is 8.81. The average molecular weight is 262 g/mol. The van der Waals surface area contributed by atoms with Gasteiger partial charge in [-0.25, -0.2) is 0 Å². The zero-order valence-electron chi connectivity index (χ0n) is 12.3. The Bertz CT molecular complexity index is 405. The van der Waals surface area contributed by atoms with Crippen LogP contribution >= 0.6 is 0 Å². The van der Waals surface area contributed by atoms with Gasteiger partial charge in [-0.1, -0.05) is 25.1 Å². The van der Waals surface area contributed by atoms with Gasteiger partial charge in [0, 0.05) is 30.4 Å². The van der Waals surface area contributed by atoms with E-state index in [0.29, 0.717) is 6.04 Å². The molecule has 3 nitrogen and oxygen atoms in total. The number of aliphatic hydroxyl groups excluding tert-OH is 1. The molecule has 0 radical (unpaired) electrons. The molecule has 0 aromatic heterocycles. The lowest BCUT2D eigenvalue weighted by atomic mass is 10.0. The highest BCUT2D eigenvalue weighted by Gasteiger charge is 2.24. The number of hydrogen-bond donors (Lipinski definition) is 1. The van der Waals surface area contributed by atoms with Crippen molar-refractivity contribution >= 4 is 5.69 Å². The molecule has 1 aromatic rings. The first-order chi connectivity index (χ1) is 9.13. The van der Waals surface area contributed by atoms with Crippen LogP contribution in [-0.2, 0) is 0 Å². The quantitative estimate of drug-likeness (QED) is 0.907. The molecule has 2 rings (SSSR count). The smallest absolute Gasteiger partial charge is 0.0781 e. The standard InChI is InChI=1S/C16H26N2O/c1-4-14-12-17(3)10-7-11-18(14)16-9-6-5-8-15(16)13(2)19/h5-6,8-9,13-14,19H,4,7,10-12H2,1-3H3/t13-,14?/m0/s1. The molecule has 1 heterocycles. The molecule has 19 heavy (non-hydrogen) atoms. The van der Waals surface area contributed by atoms with Crippen molar-refractivity contribution in [1.82, 2.24) is 4.90 Å². The second-order valence-corrected chi connectivity index (χ2v) is 5.61. The molecule has 0 saturated carbocycles. The lowest BCUT2D eigenvalue weighted by Crippen LogP contribution is -2.40. The summed E-state index contributed by atoms with van der Waals surface area (Å²) in [5.74, 6) is 0. The van der Waals surface area contributed by atoms with E-state index >= 15 is 0 Å². The number of likely N-dealkylation sites (N-methyl/N-ethyl adjacent to an activating group) is 1. The number of nitrogens with zero attached hydrogens (tertiary/aromatic N) is 2. The number of para-hydroxylation sites is 1. The first kappa shape index (κ1) is 14.4. The van der Waals surface area contributed by atoms with Crippen LogP contribution in [0.1, 0.15) is 38.4 Å². The minimum atomic E-state index is -0.408. The monoisotopic (exact) mass is 262 g/mol. The first-order valence-corrected chi connectivity index (χ1v) is 7.35. The Morgan fingerprint density at radius 1 is 1.32 bits per heavy atom. The molecule has 0 amide bonds. The normalized spacial score (nSPS) is 23.2. The maximum Gasteiger partial charge on any atom is 0.0781 e. The van der Waals surface area contributed by atoms with Gasteiger partial charge in [-0.2, -0.15) is 0 Å². The molecule has 1 N–H and O–H groups in total. The Morgan fingerprint density at radius 2 is 2.05 bits per heavy atom. The maximum absolute atomic E-state index is 9.98. The molecular formula is C16H26N2O. The van der Waals surface area contributed by atoms with Crippen LogP contribution < -0.4 is 4.90 Å². The van der Waals surface area contributed by atoms with Gasteiger partial charge < -0.3 is 14.9 Å². The van der Waals surface area contributed by atoms with Crippen molar-refractivity contribution in [3.8, 4) is 0 Å². The zero-order chi connectivity index (χ0) is 13.8. The van der Waals surface area contributed by atoms with Crippen molar-refractivity contribution in [2.75, 3.05) is 31.6 Å². The molecule has 0 bridgehead atoms. The number of hydrogen-bond acceptors (Lipinski definition) is 3. The number of rotatable bonds is 3. The summed E-state index contributed by atoms with van der Waals surface area (Å²) in [5.41, 5.74) is 2.25. The van der Waals surface area contributed by atoms with E-state index in [0.717, 1.165) is 31.6 Å². The van der Waals surface area contributed by atoms with Crippen LogP contribution in [0.25, 0.3) is 0 Å². The predicted octanol–water partition coefficient (Wildman–Crippen LogP) is 2.66. The minimum Gasteiger partial charge on any atom is -0.389 e. The van der Waals surface area contributed by atoms with E-state index in [2.05, 4.69) is 35.9 Å². The Balaban J connectivity index is 2.32. The molecule has 0 spiro atoms. The SMILES string of the molecule is CCC1CN(C)CCCN1c1ccccc1[C@H](C)O. The van der Waals surface area contributed by atoms with E-state index in [4.69, 9.17) is 0 Å². The van der Waals surface area contributed by atoms with Crippen LogP contribution in [-0.4, -0.2) is 42.7 Å². The summed E-state index contributed by atoms with van der Waals surface area (Å²) in [6.07, 6.45) is 1.91. The largest absolute Gasteiger partial charge is 0.389 e. The number of anilines is 1. The fraction of sp³-hybridized carbons (Fsp3) is 0.625. The van der Waals surface area contributed by atoms with Crippen LogP contribution in [0.5, 0.6) is 0 Å². The van der Waals surface area contributed by atoms with Crippen LogP contribution in [0.2, 0.25) is 0 Å². The van der Waals surface area contributed by atoms with Crippen molar-refractivity contribution in [3.63, 3.8) is 0 Å². The Morgan fingerprint density at radius 3 is 2.74 bits per heavy atom. The molecule has 106 valence electrons. The van der Waals surface area contributed by atoms with Gasteiger partial charge in [0.05, 0.1) is 6.10 Å². The second kappa shape index (κ2) is 6.40. The third-order valence-corrected chi connectivity index (χ3v) is 4.07. The van der Waals surface area contributed by atoms with E-state index in [-0.39, 0.29) is 0 Å². The van der Waals surface area contributed by atoms with Crippen LogP contribution in [0.3, 0.4) is 0 Å². The molecule has 1 aliphatic heterocycles. The number of benzene rings is 1. The molecule has 2 atom stereocenters. The topological polar surface area (TPSA) is 26.7 Å². The third-order valence-electron chi connectivity index (χ3n) is 4.07. The van der Waals surface area contributed by atoms with Gasteiger partial charge in [0.1, 0.15) is 0 Å². The van der Waals surface area contributed by atoms with Gasteiger partial charge in [0.25, 0.3) is 0 Å². The highest BCUT2D eigenvalue weighted by molar-refractivity contribution is 5.55. The van der Waals surface area contributed by atoms with Gasteiger partial charge >= 0.3 is 0 Å². The molecule has 1 unspecified atom stereocenters. The molecule has 0 aliphatic carbocycles. The lowest BCUT2D eigenvalue weighted by Gasteiger charge is -2.34. The third kappa shape index (κ3) is 3.28. The Kier molecular flexibility index (Phi) is 4.83. The van der Waals surface area contributed by atoms with Crippen LogP contribution in [0, 0.1) is 0 Å². The van der Waals surface area contributed by atoms with Gasteiger partial charge in [-0.3, -0.25) is 0 Å². The zero-order valence-corrected chi connectivity index (χ0v) is 12.3. The molecule has 1 fully saturated rings. The maximum atomic E-state index is 9.98. The Hall–Kier alpha value is -1.06. The lowest BCUT2D eigenvalue weighted by molar-refractivity contribution is 0.199. The summed E-state index contributed by atoms with van der Waals surface area (Å²) < 4.78 is 0. The highest BCUT2D eigenvalue weighted by Crippen LogP contribution is 2.29. The van der Waals surface area contributed by atoms with Gasteiger partial charge in [-0.05, 0) is 39.4 Å². The highest BCUT2D eigenvalue weighted by atomic mass is 16.3. The van der Waals surface area contributed by atoms with Crippen molar-refractivity contribution in [3.05, 3.63) is 29.8 Å². The van der Waals surface area contributed by atoms with Crippen molar-refractivity contribution in [2.45, 2.75) is 38.8 Å². The molecule has 3 heteroatoms. The average Bonchev–Trinajstić information content (AvgIpc) is 2.60. The first-order valence-electron chi connectivity index (χ1n) is 7.35. The number of aliphatic hydroxyl groups is 1. The van der Waals surface area contributed by atoms with Gasteiger partial charge in [-0.15, -0.1) is 0 Å². The summed E-state index contributed by atoms with van der Waals surface area (Å²) in [4.78, 5) is 4.91. The van der Waals surface area contributed by atoms with E-state index in [1.807, 2.05) is 19.1 Å². The van der Waals surface area contributed by atoms with Gasteiger partial charge in [0.2, 0.25) is 0 Å². The summed E-state index contributed by atoms with van der Waals surface area (Å²) in [7, 11) is 2.20. The van der Waals surface area contributed by atoms with E-state index in [1.54, 1.807) is 0 Å². The minimum absolute atomic E-state index is 0.408. The molecule has 1 saturated heterocycles. The van der Waals surface area contributed by atoms with Crippen LogP contribution in [0.15, 0.2) is 24.3 Å². The summed E-state index contributed by atoms with van der Waals surface area (Å²) in [5, 5.41) is 9.98. The van der Waals surface area contributed by atoms with Crippen molar-refractivity contribution in [1.29, 1.82) is 0 Å². The van der Waals surface area contributed by atoms with Gasteiger partial charge in [0.15, 0.2) is 0 Å². The van der Waals surface area contributed by atoms with Crippen molar-refractivity contribution in [2.24, 2.45) is 0 Å². The van der Waals surface area contributed by atoms with E-state index in [9.17, 15) is 5.11 Å². The summed E-state index contributed by atoms with van der Waals surface area (Å²) in [6.45, 7) is 7.44. The van der Waals surface area contributed by atoms with E-state index in [1.165, 1.54) is 12.1 Å².